The van der Waals surface area contributed by atoms with E-state index in [1.807, 2.05) is 13.8 Å². The molecule has 3 atom stereocenters. The molecule has 9 nitrogen and oxygen atoms in total. The SMILES string of the molecule is COc1ccc(C(=O)N[C@@H](CO)C(=O)NC(CC(C)C)C(=O)[C@@]2(CO)CO2)c(C)c1. The van der Waals surface area contributed by atoms with Crippen LogP contribution in [0, 0.1) is 12.8 Å². The van der Waals surface area contributed by atoms with Crippen molar-refractivity contribution < 1.29 is 34.1 Å². The molecule has 1 heterocycles. The molecule has 2 amide bonds. The second kappa shape index (κ2) is 10.0. The van der Waals surface area contributed by atoms with Crippen LogP contribution in [0.2, 0.25) is 0 Å². The molecule has 1 aliphatic rings. The number of aliphatic hydroxyl groups excluding tert-OH is 2. The number of aliphatic hydroxyl groups is 2. The summed E-state index contributed by atoms with van der Waals surface area (Å²) in [7, 11) is 1.52. The second-order valence-corrected chi connectivity index (χ2v) is 7.89. The number of benzene rings is 1. The average molecular weight is 422 g/mol. The molecule has 0 spiro atoms. The van der Waals surface area contributed by atoms with Gasteiger partial charge in [-0.15, -0.1) is 0 Å². The molecule has 1 fully saturated rings. The number of Topliss-reactive ketones (excluding diaryl/α,β-unsaturated/α-hetero) is 1. The number of ketones is 1. The number of amides is 2. The molecule has 2 rings (SSSR count). The van der Waals surface area contributed by atoms with Gasteiger partial charge < -0.3 is 30.3 Å². The first kappa shape index (κ1) is 23.8. The van der Waals surface area contributed by atoms with E-state index >= 15 is 0 Å². The highest BCUT2D eigenvalue weighted by atomic mass is 16.6. The van der Waals surface area contributed by atoms with Crippen LogP contribution in [0.1, 0.15) is 36.2 Å². The smallest absolute Gasteiger partial charge is 0.252 e. The number of carbonyl (C=O) groups excluding carboxylic acids is 3. The van der Waals surface area contributed by atoms with Crippen molar-refractivity contribution in [3.8, 4) is 5.75 Å². The Hall–Kier alpha value is -2.49. The fraction of sp³-hybridized carbons (Fsp3) is 0.571. The first-order chi connectivity index (χ1) is 14.2. The Morgan fingerprint density at radius 3 is 2.33 bits per heavy atom. The lowest BCUT2D eigenvalue weighted by molar-refractivity contribution is -0.133. The number of hydrogen-bond donors (Lipinski definition) is 4. The van der Waals surface area contributed by atoms with E-state index in [1.165, 1.54) is 7.11 Å². The van der Waals surface area contributed by atoms with Crippen LogP contribution in [0.15, 0.2) is 18.2 Å². The number of carbonyl (C=O) groups is 3. The van der Waals surface area contributed by atoms with Gasteiger partial charge in [0.25, 0.3) is 5.91 Å². The molecule has 9 heteroatoms. The van der Waals surface area contributed by atoms with Crippen molar-refractivity contribution in [1.82, 2.24) is 10.6 Å². The van der Waals surface area contributed by atoms with Crippen LogP contribution in [0.4, 0.5) is 0 Å². The lowest BCUT2D eigenvalue weighted by Crippen LogP contribution is -2.55. The summed E-state index contributed by atoms with van der Waals surface area (Å²) in [6.45, 7) is 4.51. The molecule has 1 aromatic carbocycles. The quantitative estimate of drug-likeness (QED) is 0.367. The predicted octanol–water partition coefficient (Wildman–Crippen LogP) is -0.0444. The topological polar surface area (TPSA) is 137 Å². The number of aryl methyl sites for hydroxylation is 1. The van der Waals surface area contributed by atoms with Gasteiger partial charge in [-0.3, -0.25) is 14.4 Å². The molecule has 166 valence electrons. The number of rotatable bonds is 11. The third kappa shape index (κ3) is 5.56. The fourth-order valence-electron chi connectivity index (χ4n) is 3.14. The lowest BCUT2D eigenvalue weighted by atomic mass is 9.92. The Balaban J connectivity index is 2.09. The second-order valence-electron chi connectivity index (χ2n) is 7.89. The van der Waals surface area contributed by atoms with Crippen molar-refractivity contribution in [3.05, 3.63) is 29.3 Å². The average Bonchev–Trinajstić information content (AvgIpc) is 3.51. The molecule has 0 saturated carbocycles. The first-order valence-electron chi connectivity index (χ1n) is 9.83. The van der Waals surface area contributed by atoms with Crippen molar-refractivity contribution in [2.75, 3.05) is 26.9 Å². The van der Waals surface area contributed by atoms with E-state index in [0.29, 0.717) is 23.3 Å². The van der Waals surface area contributed by atoms with E-state index in [9.17, 15) is 24.6 Å². The molecule has 1 unspecified atom stereocenters. The van der Waals surface area contributed by atoms with Crippen LogP contribution >= 0.6 is 0 Å². The van der Waals surface area contributed by atoms with Gasteiger partial charge in [-0.05, 0) is 43.0 Å². The maximum Gasteiger partial charge on any atom is 0.252 e. The summed E-state index contributed by atoms with van der Waals surface area (Å²) in [5.41, 5.74) is -0.291. The third-order valence-electron chi connectivity index (χ3n) is 5.02. The zero-order chi connectivity index (χ0) is 22.5. The van der Waals surface area contributed by atoms with E-state index in [1.54, 1.807) is 25.1 Å². The summed E-state index contributed by atoms with van der Waals surface area (Å²) in [5, 5.41) is 24.2. The Morgan fingerprint density at radius 1 is 1.20 bits per heavy atom. The van der Waals surface area contributed by atoms with Crippen molar-refractivity contribution in [3.63, 3.8) is 0 Å². The van der Waals surface area contributed by atoms with Crippen molar-refractivity contribution in [1.29, 1.82) is 0 Å². The van der Waals surface area contributed by atoms with Crippen LogP contribution in [0.3, 0.4) is 0 Å². The van der Waals surface area contributed by atoms with E-state index in [0.717, 1.165) is 0 Å². The Kier molecular flexibility index (Phi) is 7.94. The normalized spacial score (nSPS) is 19.7. The van der Waals surface area contributed by atoms with Gasteiger partial charge in [-0.25, -0.2) is 0 Å². The molecule has 0 aliphatic carbocycles. The minimum absolute atomic E-state index is 0.0814. The highest BCUT2D eigenvalue weighted by molar-refractivity contribution is 6.01. The number of methoxy groups -OCH3 is 1. The Morgan fingerprint density at radius 2 is 1.87 bits per heavy atom. The lowest BCUT2D eigenvalue weighted by Gasteiger charge is -2.24. The fourth-order valence-corrected chi connectivity index (χ4v) is 3.14. The number of epoxide rings is 1. The molecular weight excluding hydrogens is 392 g/mol. The van der Waals surface area contributed by atoms with Crippen LogP contribution in [0.5, 0.6) is 5.75 Å². The van der Waals surface area contributed by atoms with Gasteiger partial charge in [-0.1, -0.05) is 13.8 Å². The molecule has 30 heavy (non-hydrogen) atoms. The van der Waals surface area contributed by atoms with E-state index < -0.39 is 48.5 Å². The van der Waals surface area contributed by atoms with Gasteiger partial charge >= 0.3 is 0 Å². The number of hydrogen-bond acceptors (Lipinski definition) is 7. The molecular formula is C21H30N2O7. The van der Waals surface area contributed by atoms with Gasteiger partial charge in [0.2, 0.25) is 5.91 Å². The maximum absolute atomic E-state index is 12.7. The van der Waals surface area contributed by atoms with Gasteiger partial charge in [0.1, 0.15) is 11.8 Å². The van der Waals surface area contributed by atoms with Crippen molar-refractivity contribution in [2.45, 2.75) is 44.9 Å². The highest BCUT2D eigenvalue weighted by Crippen LogP contribution is 2.30. The molecule has 1 aromatic rings. The monoisotopic (exact) mass is 422 g/mol. The molecule has 4 N–H and O–H groups in total. The van der Waals surface area contributed by atoms with Gasteiger partial charge in [-0.2, -0.15) is 0 Å². The van der Waals surface area contributed by atoms with E-state index in [-0.39, 0.29) is 12.5 Å². The first-order valence-corrected chi connectivity index (χ1v) is 9.83. The van der Waals surface area contributed by atoms with Gasteiger partial charge in [0, 0.05) is 5.56 Å². The van der Waals surface area contributed by atoms with Crippen LogP contribution < -0.4 is 15.4 Å². The van der Waals surface area contributed by atoms with Gasteiger partial charge in [0.15, 0.2) is 11.4 Å². The van der Waals surface area contributed by atoms with Crippen LogP contribution in [-0.2, 0) is 14.3 Å². The van der Waals surface area contributed by atoms with Crippen molar-refractivity contribution in [2.24, 2.45) is 5.92 Å². The van der Waals surface area contributed by atoms with Crippen LogP contribution in [0.25, 0.3) is 0 Å². The molecule has 0 aromatic heterocycles. The summed E-state index contributed by atoms with van der Waals surface area (Å²) in [5.74, 6) is -0.965. The van der Waals surface area contributed by atoms with E-state index in [4.69, 9.17) is 9.47 Å². The number of ether oxygens (including phenoxy) is 2. The van der Waals surface area contributed by atoms with Crippen molar-refractivity contribution >= 4 is 17.6 Å². The zero-order valence-electron chi connectivity index (χ0n) is 17.7. The summed E-state index contributed by atoms with van der Waals surface area (Å²) in [6.07, 6.45) is 0.333. The minimum Gasteiger partial charge on any atom is -0.497 e. The standard InChI is InChI=1S/C21H30N2O7/c1-12(2)7-16(18(26)21(10-25)11-30-21)22-20(28)17(9-24)23-19(27)15-6-5-14(29-4)8-13(15)3/h5-6,8,12,16-17,24-25H,7,9-11H2,1-4H3,(H,22,28)(H,23,27)/t16?,17-,21+/m0/s1. The minimum atomic E-state index is -1.27. The van der Waals surface area contributed by atoms with Crippen LogP contribution in [-0.4, -0.2) is 72.4 Å². The third-order valence-corrected chi connectivity index (χ3v) is 5.02. The molecule has 0 bridgehead atoms. The largest absolute Gasteiger partial charge is 0.497 e. The zero-order valence-corrected chi connectivity index (χ0v) is 17.7. The Labute approximate surface area is 175 Å². The van der Waals surface area contributed by atoms with Gasteiger partial charge in [0.05, 0.1) is 33.0 Å². The molecule has 1 saturated heterocycles. The summed E-state index contributed by atoms with van der Waals surface area (Å²) in [4.78, 5) is 38.0. The Bertz CT molecular complexity index is 790. The summed E-state index contributed by atoms with van der Waals surface area (Å²) in [6, 6.07) is 2.73. The summed E-state index contributed by atoms with van der Waals surface area (Å²) < 4.78 is 10.2. The highest BCUT2D eigenvalue weighted by Gasteiger charge is 2.54. The summed E-state index contributed by atoms with van der Waals surface area (Å²) >= 11 is 0. The maximum atomic E-state index is 12.7. The van der Waals surface area contributed by atoms with E-state index in [2.05, 4.69) is 10.6 Å². The number of nitrogens with one attached hydrogen (secondary N) is 2. The molecule has 1 aliphatic heterocycles. The molecule has 0 radical (unpaired) electrons. The predicted molar refractivity (Wildman–Crippen MR) is 108 cm³/mol.